The van der Waals surface area contributed by atoms with Crippen molar-refractivity contribution in [1.82, 2.24) is 4.90 Å². The third kappa shape index (κ3) is 4.36. The van der Waals surface area contributed by atoms with E-state index in [2.05, 4.69) is 5.32 Å². The average Bonchev–Trinajstić information content (AvgIpc) is 2.73. The summed E-state index contributed by atoms with van der Waals surface area (Å²) in [5, 5.41) is 2.87. The van der Waals surface area contributed by atoms with E-state index in [1.165, 1.54) is 7.11 Å². The number of urea groups is 1. The Morgan fingerprint density at radius 1 is 1.11 bits per heavy atom. The van der Waals surface area contributed by atoms with Crippen LogP contribution in [0.5, 0.6) is 5.75 Å². The largest absolute Gasteiger partial charge is 0.497 e. The number of amides is 2. The molecule has 1 aliphatic heterocycles. The Bertz CT molecular complexity index is 810. The first-order chi connectivity index (χ1) is 13.1. The van der Waals surface area contributed by atoms with E-state index in [1.807, 2.05) is 40.9 Å². The van der Waals surface area contributed by atoms with Crippen LogP contribution in [0, 0.1) is 0 Å². The maximum atomic E-state index is 13.0. The van der Waals surface area contributed by atoms with Crippen LogP contribution in [0.4, 0.5) is 10.5 Å². The quantitative estimate of drug-likeness (QED) is 0.810. The molecule has 7 heteroatoms. The van der Waals surface area contributed by atoms with E-state index in [0.29, 0.717) is 17.8 Å². The number of methoxy groups -OCH3 is 2. The fraction of sp³-hybridized carbons (Fsp3) is 0.300. The van der Waals surface area contributed by atoms with Gasteiger partial charge in [-0.1, -0.05) is 24.3 Å². The summed E-state index contributed by atoms with van der Waals surface area (Å²) in [6.07, 6.45) is 0. The lowest BCUT2D eigenvalue weighted by atomic mass is 10.1. The Hall–Kier alpha value is -2.67. The summed E-state index contributed by atoms with van der Waals surface area (Å²) in [6.45, 7) is 0.633. The highest BCUT2D eigenvalue weighted by atomic mass is 32.2. The van der Waals surface area contributed by atoms with Gasteiger partial charge in [-0.15, -0.1) is 0 Å². The Balaban J connectivity index is 1.81. The zero-order chi connectivity index (χ0) is 19.2. The lowest BCUT2D eigenvalue weighted by molar-refractivity contribution is 0.0602. The van der Waals surface area contributed by atoms with Crippen molar-refractivity contribution >= 4 is 29.4 Å². The van der Waals surface area contributed by atoms with Gasteiger partial charge in [-0.3, -0.25) is 0 Å². The van der Waals surface area contributed by atoms with Gasteiger partial charge >= 0.3 is 12.0 Å². The Kier molecular flexibility index (Phi) is 6.24. The summed E-state index contributed by atoms with van der Waals surface area (Å²) >= 11 is 1.82. The molecule has 142 valence electrons. The summed E-state index contributed by atoms with van der Waals surface area (Å²) in [5.74, 6) is 1.99. The van der Waals surface area contributed by atoms with Crippen molar-refractivity contribution in [3.05, 3.63) is 59.7 Å². The fourth-order valence-corrected chi connectivity index (χ4v) is 4.10. The van der Waals surface area contributed by atoms with Gasteiger partial charge in [-0.05, 0) is 29.8 Å². The number of thioether (sulfide) groups is 1. The van der Waals surface area contributed by atoms with Crippen LogP contribution in [0.2, 0.25) is 0 Å². The minimum Gasteiger partial charge on any atom is -0.497 e. The molecule has 0 saturated carbocycles. The lowest BCUT2D eigenvalue weighted by Crippen LogP contribution is -2.43. The maximum absolute atomic E-state index is 13.0. The number of hydrogen-bond donors (Lipinski definition) is 1. The highest BCUT2D eigenvalue weighted by molar-refractivity contribution is 7.99. The smallest absolute Gasteiger partial charge is 0.339 e. The van der Waals surface area contributed by atoms with Gasteiger partial charge in [0.25, 0.3) is 0 Å². The zero-order valence-electron chi connectivity index (χ0n) is 15.3. The molecule has 2 amide bonds. The molecular weight excluding hydrogens is 364 g/mol. The van der Waals surface area contributed by atoms with Gasteiger partial charge in [-0.2, -0.15) is 11.8 Å². The number of hydrogen-bond acceptors (Lipinski definition) is 5. The molecule has 1 fully saturated rings. The SMILES string of the molecule is COC(=O)c1ccccc1NC(=O)N1CCSC[C@@H]1c1ccc(OC)cc1. The molecule has 6 nitrogen and oxygen atoms in total. The molecule has 0 aromatic heterocycles. The molecule has 3 rings (SSSR count). The second-order valence-electron chi connectivity index (χ2n) is 6.02. The standard InChI is InChI=1S/C20H22N2O4S/c1-25-15-9-7-14(8-10-15)18-13-27-12-11-22(18)20(24)21-17-6-4-3-5-16(17)19(23)26-2/h3-10,18H,11-13H2,1-2H3,(H,21,24)/t18-/m1/s1. The molecule has 1 saturated heterocycles. The van der Waals surface area contributed by atoms with Crippen LogP contribution >= 0.6 is 11.8 Å². The normalized spacial score (nSPS) is 16.5. The van der Waals surface area contributed by atoms with Gasteiger partial charge in [-0.25, -0.2) is 9.59 Å². The van der Waals surface area contributed by atoms with Gasteiger partial charge in [0.15, 0.2) is 0 Å². The first-order valence-corrected chi connectivity index (χ1v) is 9.76. The summed E-state index contributed by atoms with van der Waals surface area (Å²) in [7, 11) is 2.95. The number of ether oxygens (including phenoxy) is 2. The molecule has 0 spiro atoms. The van der Waals surface area contributed by atoms with Crippen LogP contribution in [0.15, 0.2) is 48.5 Å². The van der Waals surface area contributed by atoms with Gasteiger partial charge in [0.1, 0.15) is 5.75 Å². The number of anilines is 1. The van der Waals surface area contributed by atoms with Crippen molar-refractivity contribution in [2.45, 2.75) is 6.04 Å². The van der Waals surface area contributed by atoms with Crippen LogP contribution in [0.25, 0.3) is 0 Å². The average molecular weight is 386 g/mol. The van der Waals surface area contributed by atoms with E-state index in [1.54, 1.807) is 31.4 Å². The van der Waals surface area contributed by atoms with E-state index in [9.17, 15) is 9.59 Å². The van der Waals surface area contributed by atoms with Gasteiger partial charge < -0.3 is 19.7 Å². The second-order valence-corrected chi connectivity index (χ2v) is 7.17. The minimum atomic E-state index is -0.480. The van der Waals surface area contributed by atoms with Crippen molar-refractivity contribution in [1.29, 1.82) is 0 Å². The zero-order valence-corrected chi connectivity index (χ0v) is 16.1. The number of carbonyl (C=O) groups excluding carboxylic acids is 2. The molecule has 1 atom stereocenters. The lowest BCUT2D eigenvalue weighted by Gasteiger charge is -2.35. The monoisotopic (exact) mass is 386 g/mol. The molecule has 0 aliphatic carbocycles. The number of nitrogens with one attached hydrogen (secondary N) is 1. The highest BCUT2D eigenvalue weighted by Crippen LogP contribution is 2.31. The van der Waals surface area contributed by atoms with E-state index < -0.39 is 5.97 Å². The number of esters is 1. The molecule has 1 aliphatic rings. The fourth-order valence-electron chi connectivity index (χ4n) is 3.02. The van der Waals surface area contributed by atoms with Gasteiger partial charge in [0, 0.05) is 18.1 Å². The van der Waals surface area contributed by atoms with Crippen molar-refractivity contribution < 1.29 is 19.1 Å². The molecular formula is C20H22N2O4S. The molecule has 0 radical (unpaired) electrons. The third-order valence-electron chi connectivity index (χ3n) is 4.46. The molecule has 1 heterocycles. The molecule has 1 N–H and O–H groups in total. The van der Waals surface area contributed by atoms with Gasteiger partial charge in [0.2, 0.25) is 0 Å². The summed E-state index contributed by atoms with van der Waals surface area (Å²) in [4.78, 5) is 26.7. The first kappa shape index (κ1) is 19.1. The number of rotatable bonds is 4. The Morgan fingerprint density at radius 2 is 1.85 bits per heavy atom. The predicted molar refractivity (Wildman–Crippen MR) is 107 cm³/mol. The maximum Gasteiger partial charge on any atom is 0.339 e. The van der Waals surface area contributed by atoms with E-state index in [4.69, 9.17) is 9.47 Å². The number of para-hydroxylation sites is 1. The summed E-state index contributed by atoms with van der Waals surface area (Å²) < 4.78 is 10.0. The molecule has 0 bridgehead atoms. The molecule has 2 aromatic rings. The summed E-state index contributed by atoms with van der Waals surface area (Å²) in [6, 6.07) is 14.3. The second kappa shape index (κ2) is 8.81. The van der Waals surface area contributed by atoms with E-state index in [0.717, 1.165) is 22.8 Å². The molecule has 27 heavy (non-hydrogen) atoms. The Labute approximate surface area is 162 Å². The van der Waals surface area contributed by atoms with Crippen molar-refractivity contribution in [2.24, 2.45) is 0 Å². The highest BCUT2D eigenvalue weighted by Gasteiger charge is 2.29. The molecule has 0 unspecified atom stereocenters. The number of nitrogens with zero attached hydrogens (tertiary/aromatic N) is 1. The van der Waals surface area contributed by atoms with Crippen LogP contribution in [-0.4, -0.2) is 49.2 Å². The minimum absolute atomic E-state index is 0.0417. The predicted octanol–water partition coefficient (Wildman–Crippen LogP) is 3.80. The van der Waals surface area contributed by atoms with Crippen molar-refractivity contribution in [3.63, 3.8) is 0 Å². The summed E-state index contributed by atoms with van der Waals surface area (Å²) in [5.41, 5.74) is 1.83. The third-order valence-corrected chi connectivity index (χ3v) is 5.49. The van der Waals surface area contributed by atoms with E-state index in [-0.39, 0.29) is 12.1 Å². The van der Waals surface area contributed by atoms with Crippen LogP contribution in [-0.2, 0) is 4.74 Å². The Morgan fingerprint density at radius 3 is 2.56 bits per heavy atom. The first-order valence-electron chi connectivity index (χ1n) is 8.60. The topological polar surface area (TPSA) is 67.9 Å². The van der Waals surface area contributed by atoms with E-state index >= 15 is 0 Å². The molecule has 2 aromatic carbocycles. The van der Waals surface area contributed by atoms with Crippen LogP contribution in [0.1, 0.15) is 22.0 Å². The number of carbonyl (C=O) groups is 2. The van der Waals surface area contributed by atoms with Crippen LogP contribution in [0.3, 0.4) is 0 Å². The van der Waals surface area contributed by atoms with Gasteiger partial charge in [0.05, 0.1) is 31.5 Å². The van der Waals surface area contributed by atoms with Crippen molar-refractivity contribution in [2.75, 3.05) is 37.6 Å². The van der Waals surface area contributed by atoms with Crippen molar-refractivity contribution in [3.8, 4) is 5.75 Å². The number of benzene rings is 2. The van der Waals surface area contributed by atoms with Crippen LogP contribution < -0.4 is 10.1 Å².